The van der Waals surface area contributed by atoms with Crippen LogP contribution in [0.4, 0.5) is 23.4 Å². The first-order valence-electron chi connectivity index (χ1n) is 11.0. The van der Waals surface area contributed by atoms with Gasteiger partial charge in [0, 0.05) is 18.3 Å². The van der Waals surface area contributed by atoms with E-state index in [9.17, 15) is 32.6 Å². The third-order valence-corrected chi connectivity index (χ3v) is 5.85. The van der Waals surface area contributed by atoms with Crippen LogP contribution in [0.3, 0.4) is 0 Å². The number of nitrogens with one attached hydrogen (secondary N) is 1. The number of carbonyl (C=O) groups is 1. The second-order valence-corrected chi connectivity index (χ2v) is 8.62. The number of benzene rings is 1. The number of aliphatic hydroxyl groups is 2. The van der Waals surface area contributed by atoms with Gasteiger partial charge < -0.3 is 26.0 Å². The molecule has 0 saturated carbocycles. The number of anilines is 1. The second-order valence-electron chi connectivity index (χ2n) is 8.62. The summed E-state index contributed by atoms with van der Waals surface area (Å²) < 4.78 is 60.3. The van der Waals surface area contributed by atoms with Gasteiger partial charge in [-0.15, -0.1) is 0 Å². The summed E-state index contributed by atoms with van der Waals surface area (Å²) in [4.78, 5) is 20.7. The Labute approximate surface area is 212 Å². The molecule has 1 amide bonds. The summed E-state index contributed by atoms with van der Waals surface area (Å²) in [6, 6.07) is 6.87. The molecule has 0 aliphatic rings. The number of nitrogen functional groups attached to an aromatic ring is 1. The normalized spacial score (nSPS) is 14.2. The van der Waals surface area contributed by atoms with Gasteiger partial charge >= 0.3 is 6.18 Å². The van der Waals surface area contributed by atoms with Gasteiger partial charge in [0.05, 0.1) is 18.4 Å². The Morgan fingerprint density at radius 3 is 2.53 bits per heavy atom. The third-order valence-electron chi connectivity index (χ3n) is 5.85. The van der Waals surface area contributed by atoms with E-state index in [1.807, 2.05) is 0 Å². The van der Waals surface area contributed by atoms with E-state index in [1.165, 1.54) is 38.4 Å². The lowest BCUT2D eigenvalue weighted by molar-refractivity contribution is -0.136. The molecule has 200 valence electrons. The van der Waals surface area contributed by atoms with Crippen LogP contribution in [0, 0.1) is 5.82 Å². The lowest BCUT2D eigenvalue weighted by Crippen LogP contribution is -2.45. The van der Waals surface area contributed by atoms with Gasteiger partial charge in [-0.2, -0.15) is 18.3 Å². The summed E-state index contributed by atoms with van der Waals surface area (Å²) in [5.41, 5.74) is 2.35. The smallest absolute Gasteiger partial charge is 0.418 e. The summed E-state index contributed by atoms with van der Waals surface area (Å²) in [7, 11) is 1.25. The fourth-order valence-electron chi connectivity index (χ4n) is 3.86. The van der Waals surface area contributed by atoms with E-state index >= 15 is 0 Å². The van der Waals surface area contributed by atoms with Gasteiger partial charge in [0.2, 0.25) is 5.88 Å². The van der Waals surface area contributed by atoms with Gasteiger partial charge in [-0.1, -0.05) is 12.1 Å². The van der Waals surface area contributed by atoms with E-state index in [-0.39, 0.29) is 34.1 Å². The number of alkyl halides is 3. The number of halogens is 4. The molecular weight excluding hydrogens is 512 g/mol. The zero-order chi connectivity index (χ0) is 27.8. The molecule has 2 atom stereocenters. The Balaban J connectivity index is 1.66. The molecule has 2 unspecified atom stereocenters. The molecule has 0 saturated heterocycles. The predicted octanol–water partition coefficient (Wildman–Crippen LogP) is 2.75. The largest absolute Gasteiger partial charge is 0.480 e. The van der Waals surface area contributed by atoms with Crippen molar-refractivity contribution in [2.75, 3.05) is 19.4 Å². The van der Waals surface area contributed by atoms with Crippen molar-refractivity contribution in [3.8, 4) is 17.1 Å². The van der Waals surface area contributed by atoms with Crippen molar-refractivity contribution >= 4 is 17.2 Å². The Bertz CT molecular complexity index is 1490. The molecule has 38 heavy (non-hydrogen) atoms. The van der Waals surface area contributed by atoms with Crippen LogP contribution < -0.4 is 15.8 Å². The number of methoxy groups -OCH3 is 1. The summed E-state index contributed by atoms with van der Waals surface area (Å²) in [5.74, 6) is -1.86. The highest BCUT2D eigenvalue weighted by Crippen LogP contribution is 2.39. The number of aliphatic hydroxyl groups excluding tert-OH is 1. The van der Waals surface area contributed by atoms with Crippen molar-refractivity contribution < 1.29 is 37.3 Å². The maximum Gasteiger partial charge on any atom is 0.418 e. The molecule has 14 heteroatoms. The number of carbonyl (C=O) groups excluding carboxylic acids is 1. The molecule has 4 aromatic rings. The van der Waals surface area contributed by atoms with Crippen molar-refractivity contribution in [3.05, 3.63) is 71.4 Å². The van der Waals surface area contributed by atoms with Crippen LogP contribution in [0.5, 0.6) is 5.88 Å². The van der Waals surface area contributed by atoms with Gasteiger partial charge in [0.25, 0.3) is 5.91 Å². The van der Waals surface area contributed by atoms with E-state index in [2.05, 4.69) is 20.4 Å². The average molecular weight is 534 g/mol. The highest BCUT2D eigenvalue weighted by Gasteiger charge is 2.37. The summed E-state index contributed by atoms with van der Waals surface area (Å²) in [5, 5.41) is 27.6. The standard InChI is InChI=1S/C24H22F4N6O4/c1-23(37,19(35)12-3-5-14(25)6-4-12)10-31-21(36)15-7-13(9-30-22(15)38-2)17-8-16(24(26,27)28)18-20(29)32-11-33-34(17)18/h3-9,11,19,35,37H,10H2,1-2H3,(H,31,36)(H2,29,32,33). The average Bonchev–Trinajstić information content (AvgIpc) is 3.29. The van der Waals surface area contributed by atoms with Crippen LogP contribution in [0.1, 0.15) is 34.5 Å². The SMILES string of the molecule is COc1ncc(-c2cc(C(F)(F)F)c3c(N)ncnn23)cc1C(=O)NCC(C)(O)C(O)c1ccc(F)cc1. The first-order chi connectivity index (χ1) is 17.8. The molecule has 3 aromatic heterocycles. The van der Waals surface area contributed by atoms with E-state index in [4.69, 9.17) is 10.5 Å². The molecular formula is C24H22F4N6O4. The van der Waals surface area contributed by atoms with Crippen molar-refractivity contribution in [2.24, 2.45) is 0 Å². The van der Waals surface area contributed by atoms with Gasteiger partial charge in [0.15, 0.2) is 5.82 Å². The zero-order valence-electron chi connectivity index (χ0n) is 20.0. The maximum absolute atomic E-state index is 13.7. The fourth-order valence-corrected chi connectivity index (χ4v) is 3.86. The van der Waals surface area contributed by atoms with Crippen LogP contribution in [-0.4, -0.2) is 55.0 Å². The number of fused-ring (bicyclic) bond motifs is 1. The van der Waals surface area contributed by atoms with Gasteiger partial charge in [0.1, 0.15) is 34.9 Å². The third kappa shape index (κ3) is 5.08. The number of amides is 1. The first-order valence-corrected chi connectivity index (χ1v) is 11.0. The molecule has 0 fully saturated rings. The van der Waals surface area contributed by atoms with Crippen LogP contribution >= 0.6 is 0 Å². The summed E-state index contributed by atoms with van der Waals surface area (Å²) in [6.07, 6.45) is -4.05. The minimum atomic E-state index is -4.76. The lowest BCUT2D eigenvalue weighted by Gasteiger charge is -2.29. The molecule has 0 spiro atoms. The van der Waals surface area contributed by atoms with Crippen LogP contribution in [-0.2, 0) is 6.18 Å². The second kappa shape index (κ2) is 9.87. The first kappa shape index (κ1) is 26.8. The highest BCUT2D eigenvalue weighted by molar-refractivity contribution is 5.97. The topological polar surface area (TPSA) is 148 Å². The molecule has 0 radical (unpaired) electrons. The Kier molecular flexibility index (Phi) is 6.95. The van der Waals surface area contributed by atoms with Crippen LogP contribution in [0.25, 0.3) is 16.8 Å². The molecule has 3 heterocycles. The minimum Gasteiger partial charge on any atom is -0.480 e. The fraction of sp³-hybridized carbons (Fsp3) is 0.250. The van der Waals surface area contributed by atoms with Gasteiger partial charge in [-0.05, 0) is 36.8 Å². The van der Waals surface area contributed by atoms with E-state index in [0.29, 0.717) is 0 Å². The predicted molar refractivity (Wildman–Crippen MR) is 127 cm³/mol. The Morgan fingerprint density at radius 2 is 1.89 bits per heavy atom. The monoisotopic (exact) mass is 534 g/mol. The van der Waals surface area contributed by atoms with Crippen molar-refractivity contribution in [3.63, 3.8) is 0 Å². The number of pyridine rings is 1. The number of nitrogens with two attached hydrogens (primary N) is 1. The van der Waals surface area contributed by atoms with Gasteiger partial charge in [-0.25, -0.2) is 18.9 Å². The minimum absolute atomic E-state index is 0.0654. The Morgan fingerprint density at radius 1 is 1.21 bits per heavy atom. The van der Waals surface area contributed by atoms with E-state index in [1.54, 1.807) is 0 Å². The highest BCUT2D eigenvalue weighted by atomic mass is 19.4. The van der Waals surface area contributed by atoms with Crippen LogP contribution in [0.15, 0.2) is 48.9 Å². The molecule has 0 aliphatic carbocycles. The maximum atomic E-state index is 13.7. The van der Waals surface area contributed by atoms with Crippen molar-refractivity contribution in [2.45, 2.75) is 24.8 Å². The molecule has 10 nitrogen and oxygen atoms in total. The Hall–Kier alpha value is -4.30. The number of nitrogens with zero attached hydrogens (tertiary/aromatic N) is 4. The van der Waals surface area contributed by atoms with Crippen molar-refractivity contribution in [1.29, 1.82) is 0 Å². The molecule has 4 rings (SSSR count). The van der Waals surface area contributed by atoms with Crippen molar-refractivity contribution in [1.82, 2.24) is 24.9 Å². The number of aromatic nitrogens is 4. The number of rotatable bonds is 7. The lowest BCUT2D eigenvalue weighted by atomic mass is 9.92. The van der Waals surface area contributed by atoms with Gasteiger partial charge in [-0.3, -0.25) is 4.79 Å². The molecule has 5 N–H and O–H groups in total. The van der Waals surface area contributed by atoms with E-state index < -0.39 is 47.2 Å². The molecule has 0 bridgehead atoms. The zero-order valence-corrected chi connectivity index (χ0v) is 20.0. The molecule has 1 aromatic carbocycles. The quantitative estimate of drug-likeness (QED) is 0.265. The number of hydrogen-bond donors (Lipinski definition) is 4. The summed E-state index contributed by atoms with van der Waals surface area (Å²) >= 11 is 0. The number of ether oxygens (including phenoxy) is 1. The van der Waals surface area contributed by atoms with Crippen LogP contribution in [0.2, 0.25) is 0 Å². The number of hydrogen-bond acceptors (Lipinski definition) is 8. The van der Waals surface area contributed by atoms with E-state index in [0.717, 1.165) is 29.0 Å². The molecule has 0 aliphatic heterocycles. The summed E-state index contributed by atoms with van der Waals surface area (Å²) in [6.45, 7) is 0.816.